The molecule has 2 aromatic carbocycles. The maximum Gasteiger partial charge on any atom is 0.119 e. The predicted octanol–water partition coefficient (Wildman–Crippen LogP) is 4.39. The molecule has 0 heterocycles. The standard InChI is InChI=1S/C21H30N2O/c1-4-13-24-20-12-8-11-19(14-20)21(15-22)23(17(2)3)16-18-9-6-5-7-10-18/h5-12,14,17,21H,4,13,15-16,22H2,1-3H3. The number of nitrogens with two attached hydrogens (primary N) is 1. The van der Waals surface area contributed by atoms with Crippen molar-refractivity contribution in [3.05, 3.63) is 65.7 Å². The summed E-state index contributed by atoms with van der Waals surface area (Å²) in [5.74, 6) is 0.927. The third kappa shape index (κ3) is 5.08. The highest BCUT2D eigenvalue weighted by molar-refractivity contribution is 5.31. The molecule has 0 aliphatic carbocycles. The second kappa shape index (κ2) is 9.45. The second-order valence-electron chi connectivity index (χ2n) is 6.42. The van der Waals surface area contributed by atoms with Gasteiger partial charge in [-0.15, -0.1) is 0 Å². The van der Waals surface area contributed by atoms with Crippen LogP contribution in [0.15, 0.2) is 54.6 Å². The van der Waals surface area contributed by atoms with Gasteiger partial charge in [0, 0.05) is 25.2 Å². The zero-order valence-corrected chi connectivity index (χ0v) is 15.1. The van der Waals surface area contributed by atoms with E-state index in [1.54, 1.807) is 0 Å². The first-order valence-corrected chi connectivity index (χ1v) is 8.88. The summed E-state index contributed by atoms with van der Waals surface area (Å²) < 4.78 is 5.79. The smallest absolute Gasteiger partial charge is 0.119 e. The molecule has 0 radical (unpaired) electrons. The number of ether oxygens (including phenoxy) is 1. The normalized spacial score (nSPS) is 12.6. The molecular weight excluding hydrogens is 296 g/mol. The molecule has 0 fully saturated rings. The Morgan fingerprint density at radius 1 is 1.04 bits per heavy atom. The minimum Gasteiger partial charge on any atom is -0.494 e. The molecule has 1 unspecified atom stereocenters. The molecule has 2 aromatic rings. The van der Waals surface area contributed by atoms with E-state index >= 15 is 0 Å². The lowest BCUT2D eigenvalue weighted by molar-refractivity contribution is 0.147. The summed E-state index contributed by atoms with van der Waals surface area (Å²) >= 11 is 0. The van der Waals surface area contributed by atoms with Crippen LogP contribution in [0, 0.1) is 0 Å². The fourth-order valence-electron chi connectivity index (χ4n) is 2.94. The first kappa shape index (κ1) is 18.5. The van der Waals surface area contributed by atoms with Crippen LogP contribution < -0.4 is 10.5 Å². The van der Waals surface area contributed by atoms with Gasteiger partial charge < -0.3 is 10.5 Å². The fraction of sp³-hybridized carbons (Fsp3) is 0.429. The summed E-state index contributed by atoms with van der Waals surface area (Å²) in [5.41, 5.74) is 8.69. The Labute approximate surface area is 146 Å². The molecule has 3 nitrogen and oxygen atoms in total. The molecule has 130 valence electrons. The van der Waals surface area contributed by atoms with Crippen LogP contribution in [0.3, 0.4) is 0 Å². The zero-order chi connectivity index (χ0) is 17.4. The number of nitrogens with zero attached hydrogens (tertiary/aromatic N) is 1. The Balaban J connectivity index is 2.22. The van der Waals surface area contributed by atoms with Crippen LogP contribution in [0.2, 0.25) is 0 Å². The lowest BCUT2D eigenvalue weighted by atomic mass is 10.0. The van der Waals surface area contributed by atoms with Crippen LogP contribution in [-0.4, -0.2) is 24.1 Å². The van der Waals surface area contributed by atoms with Gasteiger partial charge in [0.15, 0.2) is 0 Å². The maximum absolute atomic E-state index is 6.16. The molecule has 0 saturated carbocycles. The van der Waals surface area contributed by atoms with Gasteiger partial charge in [-0.25, -0.2) is 0 Å². The van der Waals surface area contributed by atoms with Crippen molar-refractivity contribution in [2.24, 2.45) is 5.73 Å². The van der Waals surface area contributed by atoms with Gasteiger partial charge in [0.25, 0.3) is 0 Å². The van der Waals surface area contributed by atoms with Crippen LogP contribution in [-0.2, 0) is 6.54 Å². The van der Waals surface area contributed by atoms with Crippen LogP contribution >= 0.6 is 0 Å². The molecule has 0 saturated heterocycles. The minimum absolute atomic E-state index is 0.176. The van der Waals surface area contributed by atoms with E-state index in [4.69, 9.17) is 10.5 Å². The second-order valence-corrected chi connectivity index (χ2v) is 6.42. The molecule has 0 bridgehead atoms. The van der Waals surface area contributed by atoms with Crippen LogP contribution in [0.5, 0.6) is 5.75 Å². The Hall–Kier alpha value is -1.84. The Bertz CT molecular complexity index is 598. The third-order valence-electron chi connectivity index (χ3n) is 4.21. The molecule has 1 atom stereocenters. The van der Waals surface area contributed by atoms with Crippen LogP contribution in [0.4, 0.5) is 0 Å². The molecule has 2 rings (SSSR count). The summed E-state index contributed by atoms with van der Waals surface area (Å²) in [5, 5.41) is 0. The summed E-state index contributed by atoms with van der Waals surface area (Å²) in [6.45, 7) is 8.79. The van der Waals surface area contributed by atoms with Crippen molar-refractivity contribution in [2.75, 3.05) is 13.2 Å². The highest BCUT2D eigenvalue weighted by atomic mass is 16.5. The highest BCUT2D eigenvalue weighted by Gasteiger charge is 2.22. The van der Waals surface area contributed by atoms with Crippen molar-refractivity contribution in [3.63, 3.8) is 0 Å². The van der Waals surface area contributed by atoms with Crippen molar-refractivity contribution in [3.8, 4) is 5.75 Å². The van der Waals surface area contributed by atoms with Gasteiger partial charge >= 0.3 is 0 Å². The number of hydrogen-bond acceptors (Lipinski definition) is 3. The van der Waals surface area contributed by atoms with Crippen LogP contribution in [0.1, 0.15) is 44.4 Å². The number of benzene rings is 2. The molecule has 0 aliphatic heterocycles. The number of hydrogen-bond donors (Lipinski definition) is 1. The molecule has 0 aromatic heterocycles. The third-order valence-corrected chi connectivity index (χ3v) is 4.21. The fourth-order valence-corrected chi connectivity index (χ4v) is 2.94. The zero-order valence-electron chi connectivity index (χ0n) is 15.1. The largest absolute Gasteiger partial charge is 0.494 e. The first-order chi connectivity index (χ1) is 11.7. The summed E-state index contributed by atoms with van der Waals surface area (Å²) in [6.07, 6.45) is 1.01. The van der Waals surface area contributed by atoms with Crippen molar-refractivity contribution < 1.29 is 4.74 Å². The van der Waals surface area contributed by atoms with Gasteiger partial charge in [-0.3, -0.25) is 4.90 Å². The Morgan fingerprint density at radius 2 is 1.79 bits per heavy atom. The maximum atomic E-state index is 6.16. The van der Waals surface area contributed by atoms with Gasteiger partial charge in [0.05, 0.1) is 6.61 Å². The molecule has 3 heteroatoms. The van der Waals surface area contributed by atoms with E-state index in [-0.39, 0.29) is 6.04 Å². The lowest BCUT2D eigenvalue weighted by Gasteiger charge is -2.35. The van der Waals surface area contributed by atoms with Gasteiger partial charge in [0.2, 0.25) is 0 Å². The molecule has 2 N–H and O–H groups in total. The molecule has 0 aliphatic rings. The minimum atomic E-state index is 0.176. The summed E-state index contributed by atoms with van der Waals surface area (Å²) in [6, 6.07) is 19.5. The van der Waals surface area contributed by atoms with Crippen LogP contribution in [0.25, 0.3) is 0 Å². The van der Waals surface area contributed by atoms with E-state index in [2.05, 4.69) is 74.2 Å². The summed E-state index contributed by atoms with van der Waals surface area (Å²) in [7, 11) is 0. The monoisotopic (exact) mass is 326 g/mol. The lowest BCUT2D eigenvalue weighted by Crippen LogP contribution is -2.38. The van der Waals surface area contributed by atoms with Crippen molar-refractivity contribution in [1.29, 1.82) is 0 Å². The predicted molar refractivity (Wildman–Crippen MR) is 101 cm³/mol. The van der Waals surface area contributed by atoms with E-state index in [0.717, 1.165) is 25.3 Å². The SMILES string of the molecule is CCCOc1cccc(C(CN)N(Cc2ccccc2)C(C)C)c1. The van der Waals surface area contributed by atoms with Gasteiger partial charge in [-0.05, 0) is 43.5 Å². The van der Waals surface area contributed by atoms with Gasteiger partial charge in [0.1, 0.15) is 5.75 Å². The van der Waals surface area contributed by atoms with E-state index in [1.807, 2.05) is 6.07 Å². The molecular formula is C21H30N2O. The average molecular weight is 326 g/mol. The number of rotatable bonds is 9. The van der Waals surface area contributed by atoms with Crippen molar-refractivity contribution in [2.45, 2.75) is 45.8 Å². The summed E-state index contributed by atoms with van der Waals surface area (Å²) in [4.78, 5) is 2.45. The topological polar surface area (TPSA) is 38.5 Å². The quantitative estimate of drug-likeness (QED) is 0.743. The molecule has 0 amide bonds. The van der Waals surface area contributed by atoms with Crippen molar-refractivity contribution >= 4 is 0 Å². The molecule has 0 spiro atoms. The van der Waals surface area contributed by atoms with E-state index in [9.17, 15) is 0 Å². The van der Waals surface area contributed by atoms with E-state index in [0.29, 0.717) is 12.6 Å². The van der Waals surface area contributed by atoms with Crippen molar-refractivity contribution in [1.82, 2.24) is 4.90 Å². The Kier molecular flexibility index (Phi) is 7.29. The Morgan fingerprint density at radius 3 is 2.42 bits per heavy atom. The van der Waals surface area contributed by atoms with Gasteiger partial charge in [-0.2, -0.15) is 0 Å². The van der Waals surface area contributed by atoms with E-state index in [1.165, 1.54) is 11.1 Å². The highest BCUT2D eigenvalue weighted by Crippen LogP contribution is 2.27. The molecule has 24 heavy (non-hydrogen) atoms. The van der Waals surface area contributed by atoms with E-state index < -0.39 is 0 Å². The first-order valence-electron chi connectivity index (χ1n) is 8.88. The average Bonchev–Trinajstić information content (AvgIpc) is 2.61. The van der Waals surface area contributed by atoms with Gasteiger partial charge in [-0.1, -0.05) is 49.4 Å².